The van der Waals surface area contributed by atoms with E-state index in [4.69, 9.17) is 10.2 Å². The van der Waals surface area contributed by atoms with Gasteiger partial charge in [0.15, 0.2) is 0 Å². The van der Waals surface area contributed by atoms with Crippen LogP contribution in [-0.2, 0) is 11.4 Å². The molecule has 0 fully saturated rings. The summed E-state index contributed by atoms with van der Waals surface area (Å²) < 4.78 is 12.8. The lowest BCUT2D eigenvalue weighted by molar-refractivity contribution is -0.131. The van der Waals surface area contributed by atoms with Crippen molar-refractivity contribution in [3.05, 3.63) is 41.2 Å². The molecule has 0 saturated carbocycles. The third kappa shape index (κ3) is 2.99. The van der Waals surface area contributed by atoms with Crippen LogP contribution in [0.1, 0.15) is 11.1 Å². The molecule has 74 valence electrons. The van der Waals surface area contributed by atoms with Crippen LogP contribution < -0.4 is 0 Å². The van der Waals surface area contributed by atoms with Gasteiger partial charge >= 0.3 is 5.97 Å². The van der Waals surface area contributed by atoms with Crippen molar-refractivity contribution in [2.24, 2.45) is 0 Å². The number of hydrogen-bond donors (Lipinski definition) is 2. The number of aliphatic hydroxyl groups excluding tert-OH is 1. The molecule has 2 N–H and O–H groups in total. The third-order valence-corrected chi connectivity index (χ3v) is 1.58. The number of halogens is 1. The van der Waals surface area contributed by atoms with E-state index in [1.165, 1.54) is 24.3 Å². The zero-order chi connectivity index (χ0) is 10.6. The molecule has 0 radical (unpaired) electrons. The number of carboxylic acid groups (broad SMARTS) is 1. The van der Waals surface area contributed by atoms with E-state index >= 15 is 0 Å². The fourth-order valence-electron chi connectivity index (χ4n) is 1.03. The minimum atomic E-state index is -1.10. The summed E-state index contributed by atoms with van der Waals surface area (Å²) >= 11 is 0. The van der Waals surface area contributed by atoms with Gasteiger partial charge in [0.2, 0.25) is 0 Å². The highest BCUT2D eigenvalue weighted by Gasteiger charge is 1.98. The first-order valence-corrected chi connectivity index (χ1v) is 3.93. The zero-order valence-electron chi connectivity index (χ0n) is 7.27. The second-order valence-corrected chi connectivity index (χ2v) is 2.72. The van der Waals surface area contributed by atoms with Crippen molar-refractivity contribution in [2.45, 2.75) is 6.61 Å². The van der Waals surface area contributed by atoms with Crippen LogP contribution in [0.3, 0.4) is 0 Å². The Bertz CT molecular complexity index is 372. The summed E-state index contributed by atoms with van der Waals surface area (Å²) in [6.45, 7) is -0.272. The fraction of sp³-hybridized carbons (Fsp3) is 0.100. The molecule has 4 heteroatoms. The van der Waals surface area contributed by atoms with Gasteiger partial charge in [0.25, 0.3) is 0 Å². The minimum absolute atomic E-state index is 0.272. The molecule has 1 aromatic rings. The molecule has 0 unspecified atom stereocenters. The Morgan fingerprint density at radius 3 is 2.71 bits per heavy atom. The normalized spacial score (nSPS) is 10.7. The number of aliphatic carboxylic acids is 1. The predicted octanol–water partition coefficient (Wildman–Crippen LogP) is 1.42. The molecular weight excluding hydrogens is 187 g/mol. The SMILES string of the molecule is O=C(O)C=Cc1cc(F)cc(CO)c1. The van der Waals surface area contributed by atoms with Crippen molar-refractivity contribution in [2.75, 3.05) is 0 Å². The van der Waals surface area contributed by atoms with E-state index in [1.807, 2.05) is 0 Å². The van der Waals surface area contributed by atoms with Crippen LogP contribution in [0.2, 0.25) is 0 Å². The number of benzene rings is 1. The third-order valence-electron chi connectivity index (χ3n) is 1.58. The molecule has 0 atom stereocenters. The van der Waals surface area contributed by atoms with Crippen molar-refractivity contribution in [3.63, 3.8) is 0 Å². The van der Waals surface area contributed by atoms with Gasteiger partial charge in [-0.25, -0.2) is 9.18 Å². The molecule has 1 aromatic carbocycles. The molecule has 0 aliphatic heterocycles. The molecule has 1 rings (SSSR count). The van der Waals surface area contributed by atoms with Gasteiger partial charge in [-0.2, -0.15) is 0 Å². The molecule has 0 amide bonds. The van der Waals surface area contributed by atoms with Crippen LogP contribution >= 0.6 is 0 Å². The van der Waals surface area contributed by atoms with Gasteiger partial charge in [0.05, 0.1) is 6.61 Å². The van der Waals surface area contributed by atoms with Crippen molar-refractivity contribution in [3.8, 4) is 0 Å². The molecule has 0 aromatic heterocycles. The summed E-state index contributed by atoms with van der Waals surface area (Å²) in [5.41, 5.74) is 0.825. The highest BCUT2D eigenvalue weighted by Crippen LogP contribution is 2.10. The second kappa shape index (κ2) is 4.53. The van der Waals surface area contributed by atoms with Crippen molar-refractivity contribution in [1.82, 2.24) is 0 Å². The largest absolute Gasteiger partial charge is 0.478 e. The van der Waals surface area contributed by atoms with Crippen LogP contribution in [0.25, 0.3) is 6.08 Å². The smallest absolute Gasteiger partial charge is 0.328 e. The van der Waals surface area contributed by atoms with E-state index in [1.54, 1.807) is 0 Å². The Labute approximate surface area is 80.1 Å². The fourth-order valence-corrected chi connectivity index (χ4v) is 1.03. The van der Waals surface area contributed by atoms with Crippen LogP contribution in [0.15, 0.2) is 24.3 Å². The highest BCUT2D eigenvalue weighted by molar-refractivity contribution is 5.85. The maximum absolute atomic E-state index is 12.8. The first-order valence-electron chi connectivity index (χ1n) is 3.93. The highest BCUT2D eigenvalue weighted by atomic mass is 19.1. The Balaban J connectivity index is 2.97. The van der Waals surface area contributed by atoms with Gasteiger partial charge in [-0.05, 0) is 35.4 Å². The number of hydrogen-bond acceptors (Lipinski definition) is 2. The first kappa shape index (κ1) is 10.4. The predicted molar refractivity (Wildman–Crippen MR) is 49.0 cm³/mol. The Morgan fingerprint density at radius 1 is 1.43 bits per heavy atom. The summed E-state index contributed by atoms with van der Waals surface area (Å²) in [6, 6.07) is 3.90. The summed E-state index contributed by atoms with van der Waals surface area (Å²) in [5.74, 6) is -1.60. The van der Waals surface area contributed by atoms with Crippen LogP contribution in [0.4, 0.5) is 4.39 Å². The molecule has 0 spiro atoms. The monoisotopic (exact) mass is 196 g/mol. The number of rotatable bonds is 3. The first-order chi connectivity index (χ1) is 6.61. The van der Waals surface area contributed by atoms with E-state index < -0.39 is 11.8 Å². The van der Waals surface area contributed by atoms with Gasteiger partial charge in [0, 0.05) is 6.08 Å². The minimum Gasteiger partial charge on any atom is -0.478 e. The maximum atomic E-state index is 12.8. The molecule has 0 aliphatic carbocycles. The summed E-state index contributed by atoms with van der Waals surface area (Å²) in [6.07, 6.45) is 2.18. The molecular formula is C10H9FO3. The average molecular weight is 196 g/mol. The van der Waals surface area contributed by atoms with Gasteiger partial charge < -0.3 is 10.2 Å². The van der Waals surface area contributed by atoms with Crippen LogP contribution in [0, 0.1) is 5.82 Å². The van der Waals surface area contributed by atoms with E-state index in [2.05, 4.69) is 0 Å². The maximum Gasteiger partial charge on any atom is 0.328 e. The van der Waals surface area contributed by atoms with Crippen molar-refractivity contribution < 1.29 is 19.4 Å². The van der Waals surface area contributed by atoms with E-state index in [0.29, 0.717) is 11.1 Å². The number of carbonyl (C=O) groups is 1. The lowest BCUT2D eigenvalue weighted by Crippen LogP contribution is -1.89. The van der Waals surface area contributed by atoms with Gasteiger partial charge in [-0.1, -0.05) is 0 Å². The van der Waals surface area contributed by atoms with Crippen molar-refractivity contribution in [1.29, 1.82) is 0 Å². The van der Waals surface area contributed by atoms with Crippen LogP contribution in [0.5, 0.6) is 0 Å². The summed E-state index contributed by atoms with van der Waals surface area (Å²) in [7, 11) is 0. The topological polar surface area (TPSA) is 57.5 Å². The quantitative estimate of drug-likeness (QED) is 0.719. The zero-order valence-corrected chi connectivity index (χ0v) is 7.27. The lowest BCUT2D eigenvalue weighted by atomic mass is 10.1. The van der Waals surface area contributed by atoms with Gasteiger partial charge in [-0.3, -0.25) is 0 Å². The molecule has 14 heavy (non-hydrogen) atoms. The van der Waals surface area contributed by atoms with Crippen molar-refractivity contribution >= 4 is 12.0 Å². The molecule has 3 nitrogen and oxygen atoms in total. The average Bonchev–Trinajstić information content (AvgIpc) is 2.14. The number of aliphatic hydroxyl groups is 1. The molecule has 0 aliphatic rings. The molecule has 0 heterocycles. The van der Waals surface area contributed by atoms with Gasteiger partial charge in [-0.15, -0.1) is 0 Å². The molecule has 0 saturated heterocycles. The van der Waals surface area contributed by atoms with E-state index in [0.717, 1.165) is 6.08 Å². The standard InChI is InChI=1S/C10H9FO3/c11-9-4-7(1-2-10(13)14)3-8(5-9)6-12/h1-5,12H,6H2,(H,13,14). The Kier molecular flexibility index (Phi) is 3.36. The summed E-state index contributed by atoms with van der Waals surface area (Å²) in [5, 5.41) is 17.1. The second-order valence-electron chi connectivity index (χ2n) is 2.72. The van der Waals surface area contributed by atoms with E-state index in [-0.39, 0.29) is 6.61 Å². The van der Waals surface area contributed by atoms with Gasteiger partial charge in [0.1, 0.15) is 5.82 Å². The Morgan fingerprint density at radius 2 is 2.14 bits per heavy atom. The molecule has 0 bridgehead atoms. The Hall–Kier alpha value is -1.68. The number of carboxylic acids is 1. The summed E-state index contributed by atoms with van der Waals surface area (Å²) in [4.78, 5) is 10.2. The van der Waals surface area contributed by atoms with Crippen LogP contribution in [-0.4, -0.2) is 16.2 Å². The lowest BCUT2D eigenvalue weighted by Gasteiger charge is -1.99. The van der Waals surface area contributed by atoms with E-state index in [9.17, 15) is 9.18 Å².